The van der Waals surface area contributed by atoms with Gasteiger partial charge in [0.2, 0.25) is 5.91 Å². The number of nitrogens with one attached hydrogen (secondary N) is 1. The van der Waals surface area contributed by atoms with Gasteiger partial charge in [-0.3, -0.25) is 14.7 Å². The van der Waals surface area contributed by atoms with Crippen LogP contribution >= 0.6 is 0 Å². The molecular weight excluding hydrogens is 332 g/mol. The van der Waals surface area contributed by atoms with E-state index >= 15 is 0 Å². The molecule has 2 atom stereocenters. The van der Waals surface area contributed by atoms with Gasteiger partial charge in [-0.25, -0.2) is 14.5 Å². The minimum atomic E-state index is -0.312. The van der Waals surface area contributed by atoms with Gasteiger partial charge in [-0.15, -0.1) is 0 Å². The third-order valence-corrected chi connectivity index (χ3v) is 5.33. The van der Waals surface area contributed by atoms with Crippen molar-refractivity contribution in [2.75, 3.05) is 6.54 Å². The van der Waals surface area contributed by atoms with Crippen LogP contribution in [0.1, 0.15) is 48.8 Å². The quantitative estimate of drug-likeness (QED) is 0.776. The van der Waals surface area contributed by atoms with Crippen molar-refractivity contribution in [2.45, 2.75) is 45.7 Å². The average Bonchev–Trinajstić information content (AvgIpc) is 3.37. The molecule has 1 aliphatic rings. The van der Waals surface area contributed by atoms with E-state index in [2.05, 4.69) is 15.1 Å². The first kappa shape index (κ1) is 16.6. The van der Waals surface area contributed by atoms with E-state index in [1.165, 1.54) is 4.52 Å². The molecule has 26 heavy (non-hydrogen) atoms. The third kappa shape index (κ3) is 2.53. The zero-order valence-electron chi connectivity index (χ0n) is 15.1. The van der Waals surface area contributed by atoms with Crippen LogP contribution in [0.3, 0.4) is 0 Å². The number of hydrogen-bond donors (Lipinski definition) is 1. The number of aromatic amines is 1. The number of nitrogens with zero attached hydrogens (tertiary/aromatic N) is 5. The molecule has 0 aromatic carbocycles. The molecule has 1 aliphatic heterocycles. The molecule has 1 N–H and O–H groups in total. The Hall–Kier alpha value is -2.90. The summed E-state index contributed by atoms with van der Waals surface area (Å²) in [6.07, 6.45) is 6.92. The molecule has 0 spiro atoms. The number of H-pyrrole nitrogens is 1. The number of aromatic nitrogens is 5. The summed E-state index contributed by atoms with van der Waals surface area (Å²) in [6, 6.07) is 1.49. The lowest BCUT2D eigenvalue weighted by atomic mass is 10.1. The fraction of sp³-hybridized carbons (Fsp3) is 0.444. The monoisotopic (exact) mass is 354 g/mol. The summed E-state index contributed by atoms with van der Waals surface area (Å²) >= 11 is 0. The number of aryl methyl sites for hydroxylation is 1. The maximum atomic E-state index is 13.0. The normalized spacial score (nSPS) is 18.6. The fourth-order valence-electron chi connectivity index (χ4n) is 3.63. The van der Waals surface area contributed by atoms with Crippen molar-refractivity contribution in [1.29, 1.82) is 0 Å². The molecule has 0 bridgehead atoms. The molecule has 3 aromatic heterocycles. The van der Waals surface area contributed by atoms with Crippen molar-refractivity contribution in [1.82, 2.24) is 29.0 Å². The zero-order chi connectivity index (χ0) is 18.4. The second kappa shape index (κ2) is 6.12. The number of imidazole rings is 1. The first-order valence-electron chi connectivity index (χ1n) is 8.84. The minimum Gasteiger partial charge on any atom is -0.332 e. The van der Waals surface area contributed by atoms with Crippen molar-refractivity contribution >= 4 is 11.6 Å². The van der Waals surface area contributed by atoms with E-state index in [1.807, 2.05) is 29.4 Å². The minimum absolute atomic E-state index is 0.0526. The van der Waals surface area contributed by atoms with E-state index in [9.17, 15) is 9.59 Å². The van der Waals surface area contributed by atoms with Gasteiger partial charge in [0, 0.05) is 36.3 Å². The number of carbonyl (C=O) groups is 1. The van der Waals surface area contributed by atoms with Crippen LogP contribution < -0.4 is 5.56 Å². The van der Waals surface area contributed by atoms with Gasteiger partial charge in [-0.1, -0.05) is 0 Å². The lowest BCUT2D eigenvalue weighted by Crippen LogP contribution is -2.35. The average molecular weight is 354 g/mol. The molecule has 4 heterocycles. The van der Waals surface area contributed by atoms with E-state index in [-0.39, 0.29) is 23.6 Å². The molecular formula is C18H22N6O2. The van der Waals surface area contributed by atoms with Crippen LogP contribution in [0.4, 0.5) is 0 Å². The number of rotatable bonds is 3. The largest absolute Gasteiger partial charge is 0.332 e. The van der Waals surface area contributed by atoms with Crippen molar-refractivity contribution < 1.29 is 4.79 Å². The lowest BCUT2D eigenvalue weighted by Gasteiger charge is -2.27. The maximum Gasteiger partial charge on any atom is 0.275 e. The highest BCUT2D eigenvalue weighted by molar-refractivity contribution is 5.80. The predicted octanol–water partition coefficient (Wildman–Crippen LogP) is 1.76. The van der Waals surface area contributed by atoms with Crippen LogP contribution in [0.2, 0.25) is 0 Å². The van der Waals surface area contributed by atoms with Crippen LogP contribution in [0.25, 0.3) is 5.65 Å². The summed E-state index contributed by atoms with van der Waals surface area (Å²) in [5.41, 5.74) is 2.71. The molecule has 8 nitrogen and oxygen atoms in total. The molecule has 0 aliphatic carbocycles. The SMILES string of the molecule is Cc1nc2cc([C@@H]3CCCN3C(=O)[C@@H](C)n3ccnc3)[nH]n2c(=O)c1C. The van der Waals surface area contributed by atoms with Crippen LogP contribution in [0, 0.1) is 13.8 Å². The van der Waals surface area contributed by atoms with Gasteiger partial charge in [0.1, 0.15) is 6.04 Å². The molecule has 1 amide bonds. The summed E-state index contributed by atoms with van der Waals surface area (Å²) < 4.78 is 3.28. The number of hydrogen-bond acceptors (Lipinski definition) is 4. The zero-order valence-corrected chi connectivity index (χ0v) is 15.1. The van der Waals surface area contributed by atoms with Crippen molar-refractivity contribution in [3.63, 3.8) is 0 Å². The number of fused-ring (bicyclic) bond motifs is 1. The van der Waals surface area contributed by atoms with Crippen LogP contribution in [-0.2, 0) is 4.79 Å². The van der Waals surface area contributed by atoms with Gasteiger partial charge in [0.15, 0.2) is 5.65 Å². The summed E-state index contributed by atoms with van der Waals surface area (Å²) in [5.74, 6) is 0.0526. The van der Waals surface area contributed by atoms with Gasteiger partial charge >= 0.3 is 0 Å². The Balaban J connectivity index is 1.68. The first-order valence-corrected chi connectivity index (χ1v) is 8.84. The Morgan fingerprint density at radius 1 is 1.38 bits per heavy atom. The van der Waals surface area contributed by atoms with Crippen molar-refractivity contribution in [2.24, 2.45) is 0 Å². The van der Waals surface area contributed by atoms with Crippen LogP contribution in [-0.4, -0.2) is 41.5 Å². The molecule has 136 valence electrons. The van der Waals surface area contributed by atoms with Gasteiger partial charge in [0.05, 0.1) is 18.1 Å². The van der Waals surface area contributed by atoms with Crippen LogP contribution in [0.5, 0.6) is 0 Å². The second-order valence-electron chi connectivity index (χ2n) is 6.91. The molecule has 1 saturated heterocycles. The highest BCUT2D eigenvalue weighted by atomic mass is 16.2. The number of likely N-dealkylation sites (tertiary alicyclic amines) is 1. The summed E-state index contributed by atoms with van der Waals surface area (Å²) in [7, 11) is 0. The Kier molecular flexibility index (Phi) is 3.90. The third-order valence-electron chi connectivity index (χ3n) is 5.33. The predicted molar refractivity (Wildman–Crippen MR) is 95.9 cm³/mol. The maximum absolute atomic E-state index is 13.0. The van der Waals surface area contributed by atoms with Crippen molar-refractivity contribution in [3.05, 3.63) is 52.1 Å². The Morgan fingerprint density at radius 3 is 2.92 bits per heavy atom. The van der Waals surface area contributed by atoms with E-state index in [1.54, 1.807) is 25.6 Å². The van der Waals surface area contributed by atoms with Crippen molar-refractivity contribution in [3.8, 4) is 0 Å². The molecule has 4 rings (SSSR count). The molecule has 1 fully saturated rings. The summed E-state index contributed by atoms with van der Waals surface area (Å²) in [6.45, 7) is 6.19. The first-order chi connectivity index (χ1) is 12.5. The van der Waals surface area contributed by atoms with E-state index in [0.29, 0.717) is 17.8 Å². The standard InChI is InChI=1S/C18H22N6O2/c1-11-12(2)20-16-9-14(21-24(16)17(11)25)15-5-4-7-23(15)18(26)13(3)22-8-6-19-10-22/h6,8-10,13,15,21H,4-5,7H2,1-3H3/t13-,15+/m1/s1. The van der Waals surface area contributed by atoms with E-state index < -0.39 is 0 Å². The molecule has 8 heteroatoms. The van der Waals surface area contributed by atoms with Gasteiger partial charge in [-0.2, -0.15) is 0 Å². The lowest BCUT2D eigenvalue weighted by molar-refractivity contribution is -0.135. The second-order valence-corrected chi connectivity index (χ2v) is 6.91. The van der Waals surface area contributed by atoms with Gasteiger partial charge in [0.25, 0.3) is 5.56 Å². The highest BCUT2D eigenvalue weighted by Gasteiger charge is 2.34. The topological polar surface area (TPSA) is 88.3 Å². The van der Waals surface area contributed by atoms with Crippen LogP contribution in [0.15, 0.2) is 29.6 Å². The molecule has 0 saturated carbocycles. The summed E-state index contributed by atoms with van der Waals surface area (Å²) in [5, 5.41) is 3.16. The Morgan fingerprint density at radius 2 is 2.19 bits per heavy atom. The smallest absolute Gasteiger partial charge is 0.275 e. The fourth-order valence-corrected chi connectivity index (χ4v) is 3.63. The summed E-state index contributed by atoms with van der Waals surface area (Å²) in [4.78, 5) is 35.9. The Labute approximate surface area is 150 Å². The molecule has 0 radical (unpaired) electrons. The van der Waals surface area contributed by atoms with E-state index in [4.69, 9.17) is 0 Å². The van der Waals surface area contributed by atoms with Gasteiger partial charge in [-0.05, 0) is 33.6 Å². The highest BCUT2D eigenvalue weighted by Crippen LogP contribution is 2.33. The number of carbonyl (C=O) groups excluding carboxylic acids is 1. The molecule has 0 unspecified atom stereocenters. The Bertz CT molecular complexity index is 1020. The molecule has 3 aromatic rings. The van der Waals surface area contributed by atoms with E-state index in [0.717, 1.165) is 24.2 Å². The number of amides is 1. The van der Waals surface area contributed by atoms with Gasteiger partial charge < -0.3 is 9.47 Å².